The molecule has 0 spiro atoms. The number of Topliss-reactive ketones (excluding diaryl/α,β-unsaturated/α-hetero) is 1. The molecule has 424 valence electrons. The van der Waals surface area contributed by atoms with Crippen molar-refractivity contribution in [2.75, 3.05) is 37.6 Å². The summed E-state index contributed by atoms with van der Waals surface area (Å²) in [7, 11) is 0. The van der Waals surface area contributed by atoms with Crippen molar-refractivity contribution >= 4 is 101 Å². The number of carbonyl (C=O) groups is 4. The smallest absolute Gasteiger partial charge is 1.00 e. The second kappa shape index (κ2) is 30.1. The first-order valence-corrected chi connectivity index (χ1v) is 26.7. The minimum atomic E-state index is -4.64. The van der Waals surface area contributed by atoms with Gasteiger partial charge in [-0.25, -0.2) is 4.79 Å². The summed E-state index contributed by atoms with van der Waals surface area (Å²) in [6, 6.07) is 41.6. The number of hydrogen-bond acceptors (Lipinski definition) is 16. The van der Waals surface area contributed by atoms with Crippen molar-refractivity contribution in [2.45, 2.75) is 89.2 Å². The maximum absolute atomic E-state index is 12.8. The number of anilines is 2. The standard InChI is InChI=1S/C18H18N4O2S.C10H12O.C9H9N3O2S.C9H11NO.C6H5.C4H6O.C2HF3O.BrH.Mg/c1-10-11(2)20-21-16-13(10)14(19)15(25-16)17(23)22-8-18(24,9-22)12-6-4-3-5-7-12;11-10(7-4-8-10)9-5-2-1-3-6-9;1-3-4(2)11-12-8-5(3)6(10)7(15-8)9(13)14;11-9(6-10-7-9)8-4-2-1-3-5-8;1-2-4-6-5-3-1;5-4-2-1-3-4;3-2(4,5)1-6;;/h3-7,24H,8-9,19H2,1-2H3;1-3,5-6,11H,4,7-8H2;10H2,1-2H3,(H,13,14);1-5,10-11H,6-7H2;1-5H;1-3H2;1H;1H;/q;;;;-1;;;;+2/p-1. The summed E-state index contributed by atoms with van der Waals surface area (Å²) in [5, 5.41) is 60.0. The van der Waals surface area contributed by atoms with E-state index in [1.807, 2.05) is 149 Å². The second-order valence-electron chi connectivity index (χ2n) is 19.1. The van der Waals surface area contributed by atoms with Crippen LogP contribution in [0.2, 0.25) is 0 Å². The molecule has 2 aliphatic heterocycles. The number of aliphatic hydroxyl groups is 3. The number of aldehydes is 1. The Morgan fingerprint density at radius 3 is 1.35 bits per heavy atom. The number of fused-ring (bicyclic) bond motifs is 2. The molecule has 4 fully saturated rings. The third-order valence-corrected chi connectivity index (χ3v) is 15.6. The van der Waals surface area contributed by atoms with Gasteiger partial charge < -0.3 is 59.1 Å². The summed E-state index contributed by atoms with van der Waals surface area (Å²) in [5.74, 6) is -0.754. The van der Waals surface area contributed by atoms with Gasteiger partial charge in [0.1, 0.15) is 36.4 Å². The van der Waals surface area contributed by atoms with Crippen molar-refractivity contribution in [1.82, 2.24) is 30.6 Å². The van der Waals surface area contributed by atoms with E-state index in [1.165, 1.54) is 11.3 Å². The van der Waals surface area contributed by atoms with Gasteiger partial charge in [-0.1, -0.05) is 91.0 Å². The molecule has 4 aromatic heterocycles. The number of aromatic nitrogens is 4. The molecule has 4 aliphatic rings. The molecule has 81 heavy (non-hydrogen) atoms. The molecule has 8 aromatic rings. The molecule has 0 atom stereocenters. The quantitative estimate of drug-likeness (QED) is 0.0596. The van der Waals surface area contributed by atoms with Gasteiger partial charge in [0.15, 0.2) is 0 Å². The van der Waals surface area contributed by atoms with Gasteiger partial charge in [0, 0.05) is 36.7 Å². The average Bonchev–Trinajstić information content (AvgIpc) is 4.24. The molecule has 0 bridgehead atoms. The van der Waals surface area contributed by atoms with Crippen molar-refractivity contribution < 1.29 is 69.8 Å². The number of carbonyl (C=O) groups excluding carboxylic acids is 3. The number of benzene rings is 4. The number of aryl methyl sites for hydroxylation is 4. The number of aromatic carboxylic acids is 1. The van der Waals surface area contributed by atoms with Crippen LogP contribution >= 0.6 is 22.7 Å². The van der Waals surface area contributed by atoms with Crippen molar-refractivity contribution in [3.8, 4) is 0 Å². The summed E-state index contributed by atoms with van der Waals surface area (Å²) in [4.78, 5) is 45.8. The van der Waals surface area contributed by atoms with Crippen molar-refractivity contribution in [3.63, 3.8) is 0 Å². The zero-order chi connectivity index (χ0) is 57.5. The van der Waals surface area contributed by atoms with Crippen molar-refractivity contribution in [3.05, 3.63) is 176 Å². The van der Waals surface area contributed by atoms with Gasteiger partial charge >= 0.3 is 35.2 Å². The van der Waals surface area contributed by atoms with Crippen LogP contribution in [-0.4, -0.2) is 125 Å². The fourth-order valence-corrected chi connectivity index (χ4v) is 10.1. The molecule has 0 radical (unpaired) electrons. The molecule has 1 amide bonds. The molecule has 16 nitrogen and oxygen atoms in total. The van der Waals surface area contributed by atoms with Crippen molar-refractivity contribution in [1.29, 1.82) is 0 Å². The van der Waals surface area contributed by atoms with E-state index < -0.39 is 35.2 Å². The monoisotopic (exact) mass is 1220 g/mol. The van der Waals surface area contributed by atoms with E-state index >= 15 is 0 Å². The molecule has 2 saturated heterocycles. The van der Waals surface area contributed by atoms with E-state index in [0.717, 1.165) is 94.5 Å². The Bertz CT molecular complexity index is 3250. The molecule has 9 N–H and O–H groups in total. The van der Waals surface area contributed by atoms with E-state index in [0.29, 0.717) is 44.5 Å². The van der Waals surface area contributed by atoms with E-state index in [4.69, 9.17) is 21.4 Å². The van der Waals surface area contributed by atoms with Gasteiger partial charge in [0.2, 0.25) is 6.29 Å². The van der Waals surface area contributed by atoms with Crippen LogP contribution in [0.3, 0.4) is 0 Å². The minimum Gasteiger partial charge on any atom is -1.00 e. The second-order valence-corrected chi connectivity index (χ2v) is 21.1. The Hall–Kier alpha value is -6.28. The zero-order valence-electron chi connectivity index (χ0n) is 45.0. The molecule has 23 heteroatoms. The number of likely N-dealkylation sites (tertiary alicyclic amines) is 1. The van der Waals surface area contributed by atoms with E-state index in [1.54, 1.807) is 4.90 Å². The number of hydrogen-bond donors (Lipinski definition) is 7. The predicted molar refractivity (Wildman–Crippen MR) is 305 cm³/mol. The normalized spacial score (nSPS) is 15.4. The van der Waals surface area contributed by atoms with E-state index in [-0.39, 0.29) is 69.6 Å². The number of rotatable bonds is 5. The Kier molecular flexibility index (Phi) is 25.0. The number of alkyl halides is 3. The molecule has 4 aromatic carbocycles. The molecular formula is C58H62BrF3MgN8O8S2. The number of carboxylic acid groups (broad SMARTS) is 1. The fraction of sp³-hybridized carbons (Fsp3) is 0.310. The number of thiophene rings is 2. The molecule has 12 rings (SSSR count). The number of amides is 1. The summed E-state index contributed by atoms with van der Waals surface area (Å²) >= 11 is 2.31. The number of β-amino-alcohol motifs (C(OH)–C–C–N with tert-alkyl or cyclic N) is 2. The predicted octanol–water partition coefficient (Wildman–Crippen LogP) is 5.95. The number of halogens is 4. The van der Waals surface area contributed by atoms with Crippen LogP contribution < -0.4 is 33.8 Å². The van der Waals surface area contributed by atoms with Crippen LogP contribution in [0.4, 0.5) is 24.5 Å². The largest absolute Gasteiger partial charge is 2.00 e. The summed E-state index contributed by atoms with van der Waals surface area (Å²) in [6.45, 7) is 9.35. The number of nitrogens with one attached hydrogen (secondary N) is 1. The Balaban J connectivity index is 0.000000218. The summed E-state index contributed by atoms with van der Waals surface area (Å²) < 4.78 is 31.2. The Morgan fingerprint density at radius 2 is 1.04 bits per heavy atom. The minimum absolute atomic E-state index is 0. The maximum Gasteiger partial charge on any atom is 2.00 e. The van der Waals surface area contributed by atoms with Gasteiger partial charge in [-0.3, -0.25) is 14.4 Å². The molecule has 0 unspecified atom stereocenters. The van der Waals surface area contributed by atoms with Gasteiger partial charge in [-0.2, -0.15) is 59.8 Å². The van der Waals surface area contributed by atoms with E-state index in [9.17, 15) is 42.9 Å². The number of nitrogens with zero attached hydrogens (tertiary/aromatic N) is 5. The van der Waals surface area contributed by atoms with Crippen molar-refractivity contribution in [2.24, 2.45) is 0 Å². The molecule has 2 aliphatic carbocycles. The molecule has 2 saturated carbocycles. The Labute approximate surface area is 501 Å². The van der Waals surface area contributed by atoms with Crippen LogP contribution in [0.15, 0.2) is 121 Å². The average molecular weight is 1220 g/mol. The SMILES string of the molecule is Cc1nnc2sc(C(=O)N3CC(O)(c4ccccc4)C3)c(N)c2c1C.Cc1nnc2sc(C(=O)O)c(N)c2c1C.O=C1CCC1.O=CC(F)(F)F.OC1(c2ccccc2)CCC1.OC1(c2ccccc2)CNC1.[Br-].[Mg+2].[c-]1ccccc1. The van der Waals surface area contributed by atoms with Gasteiger partial charge in [0.25, 0.3) is 5.91 Å². The van der Waals surface area contributed by atoms with Crippen LogP contribution in [0, 0.1) is 33.8 Å². The van der Waals surface area contributed by atoms with Gasteiger partial charge in [0.05, 0.1) is 41.5 Å². The number of ketones is 1. The molecular weight excluding hydrogens is 1160 g/mol. The topological polar surface area (TPSA) is 268 Å². The fourth-order valence-electron chi connectivity index (χ4n) is 8.13. The summed E-state index contributed by atoms with van der Waals surface area (Å²) in [5.41, 5.74) is 17.0. The molecule has 6 heterocycles. The maximum atomic E-state index is 12.8. The van der Waals surface area contributed by atoms with Crippen LogP contribution in [-0.2, 0) is 26.4 Å². The first-order chi connectivity index (χ1) is 37.5. The summed E-state index contributed by atoms with van der Waals surface area (Å²) in [6.07, 6.45) is 0.144. The third kappa shape index (κ3) is 17.6. The zero-order valence-corrected chi connectivity index (χ0v) is 49.7. The first-order valence-electron chi connectivity index (χ1n) is 25.1. The Morgan fingerprint density at radius 1 is 0.654 bits per heavy atom. The first kappa shape index (κ1) is 67.2. The third-order valence-electron chi connectivity index (χ3n) is 13.5. The van der Waals surface area contributed by atoms with Gasteiger partial charge in [-0.05, 0) is 81.2 Å². The number of carboxylic acids is 1. The number of nitrogens with two attached hydrogens (primary N) is 2. The van der Waals surface area contributed by atoms with Gasteiger partial charge in [-0.15, -0.1) is 32.9 Å². The van der Waals surface area contributed by atoms with Crippen LogP contribution in [0.5, 0.6) is 0 Å². The van der Waals surface area contributed by atoms with Crippen LogP contribution in [0.1, 0.15) is 97.1 Å². The number of nitrogen functional groups attached to an aromatic ring is 2. The van der Waals surface area contributed by atoms with Crippen LogP contribution in [0.25, 0.3) is 20.4 Å². The van der Waals surface area contributed by atoms with E-state index in [2.05, 4.69) is 31.8 Å².